The Morgan fingerprint density at radius 2 is 0.917 bits per heavy atom. The van der Waals surface area contributed by atoms with Crippen molar-refractivity contribution in [3.05, 3.63) is 0 Å². The Labute approximate surface area is 188 Å². The van der Waals surface area contributed by atoms with E-state index in [1.54, 1.807) is 0 Å². The minimum absolute atomic E-state index is 0.725. The summed E-state index contributed by atoms with van der Waals surface area (Å²) in [6.45, 7) is -2.69. The highest BCUT2D eigenvalue weighted by molar-refractivity contribution is 7.90. The van der Waals surface area contributed by atoms with Crippen molar-refractivity contribution >= 4 is 10.0 Å². The van der Waals surface area contributed by atoms with Gasteiger partial charge in [0.1, 0.15) is 0 Å². The molecule has 0 fully saturated rings. The van der Waals surface area contributed by atoms with E-state index in [2.05, 4.69) is 0 Å². The van der Waals surface area contributed by atoms with Crippen LogP contribution in [0.5, 0.6) is 0 Å². The first kappa shape index (κ1) is 34.6. The summed E-state index contributed by atoms with van der Waals surface area (Å²) in [6, 6.07) is 0. The van der Waals surface area contributed by atoms with Crippen LogP contribution in [0.1, 0.15) is 13.3 Å². The van der Waals surface area contributed by atoms with Gasteiger partial charge in [0.05, 0.1) is 6.54 Å². The number of hydrogen-bond donors (Lipinski definition) is 2. The SMILES string of the molecule is CCCN(CC(O)O)S(=O)(=O)C(F)(F)C(F)(F)C(F)(F)C(F)(F)C(F)(F)C(F)(F)C(F)(F)C(F)(F)F. The van der Waals surface area contributed by atoms with Gasteiger partial charge in [-0.2, -0.15) is 78.9 Å². The molecule has 0 amide bonds. The van der Waals surface area contributed by atoms with Crippen LogP contribution in [0, 0.1) is 0 Å². The van der Waals surface area contributed by atoms with Gasteiger partial charge in [0.25, 0.3) is 10.0 Å². The van der Waals surface area contributed by atoms with Crippen molar-refractivity contribution < 1.29 is 93.3 Å². The maximum atomic E-state index is 14.0. The summed E-state index contributed by atoms with van der Waals surface area (Å²) < 4.78 is 247. The Kier molecular flexibility index (Phi) is 9.08. The maximum absolute atomic E-state index is 14.0. The molecule has 0 aromatic carbocycles. The molecule has 0 heterocycles. The molecular formula is C13H12F17NO4S. The van der Waals surface area contributed by atoms with Gasteiger partial charge in [-0.3, -0.25) is 0 Å². The highest BCUT2D eigenvalue weighted by atomic mass is 32.2. The minimum Gasteiger partial charge on any atom is -0.367 e. The zero-order valence-electron chi connectivity index (χ0n) is 16.7. The van der Waals surface area contributed by atoms with Gasteiger partial charge in [-0.15, -0.1) is 0 Å². The fourth-order valence-electron chi connectivity index (χ4n) is 2.21. The average Bonchev–Trinajstić information content (AvgIpc) is 2.65. The molecule has 36 heavy (non-hydrogen) atoms. The van der Waals surface area contributed by atoms with Crippen molar-refractivity contribution in [1.29, 1.82) is 0 Å². The second kappa shape index (κ2) is 9.43. The van der Waals surface area contributed by atoms with Gasteiger partial charge >= 0.3 is 47.0 Å². The molecule has 0 aliphatic rings. The van der Waals surface area contributed by atoms with Crippen molar-refractivity contribution in [1.82, 2.24) is 4.31 Å². The molecule has 218 valence electrons. The van der Waals surface area contributed by atoms with Gasteiger partial charge < -0.3 is 10.2 Å². The highest BCUT2D eigenvalue weighted by Gasteiger charge is 2.96. The van der Waals surface area contributed by atoms with E-state index >= 15 is 0 Å². The summed E-state index contributed by atoms with van der Waals surface area (Å²) in [6.07, 6.45) is -11.7. The van der Waals surface area contributed by atoms with Crippen molar-refractivity contribution in [2.75, 3.05) is 13.1 Å². The van der Waals surface area contributed by atoms with Crippen LogP contribution in [0.25, 0.3) is 0 Å². The summed E-state index contributed by atoms with van der Waals surface area (Å²) in [5.41, 5.74) is 0. The van der Waals surface area contributed by atoms with Crippen molar-refractivity contribution in [2.24, 2.45) is 0 Å². The molecule has 0 aliphatic carbocycles. The van der Waals surface area contributed by atoms with Crippen LogP contribution < -0.4 is 0 Å². The van der Waals surface area contributed by atoms with Crippen molar-refractivity contribution in [3.63, 3.8) is 0 Å². The first-order valence-electron chi connectivity index (χ1n) is 8.45. The van der Waals surface area contributed by atoms with Crippen molar-refractivity contribution in [3.8, 4) is 0 Å². The van der Waals surface area contributed by atoms with E-state index in [9.17, 15) is 83.1 Å². The van der Waals surface area contributed by atoms with E-state index in [0.29, 0.717) is 0 Å². The number of alkyl halides is 17. The summed E-state index contributed by atoms with van der Waals surface area (Å²) in [5, 5.41) is 9.50. The third-order valence-corrected chi connectivity index (χ3v) is 6.11. The highest BCUT2D eigenvalue weighted by Crippen LogP contribution is 2.64. The second-order valence-corrected chi connectivity index (χ2v) is 8.78. The van der Waals surface area contributed by atoms with E-state index in [-0.39, 0.29) is 0 Å². The van der Waals surface area contributed by atoms with E-state index in [1.807, 2.05) is 0 Å². The van der Waals surface area contributed by atoms with Crippen molar-refractivity contribution in [2.45, 2.75) is 66.6 Å². The van der Waals surface area contributed by atoms with Gasteiger partial charge in [0.15, 0.2) is 6.29 Å². The van der Waals surface area contributed by atoms with Crippen LogP contribution in [0.4, 0.5) is 74.6 Å². The molecule has 0 bridgehead atoms. The number of aliphatic hydroxyl groups is 2. The van der Waals surface area contributed by atoms with Gasteiger partial charge in [0.2, 0.25) is 0 Å². The molecule has 0 atom stereocenters. The number of aliphatic hydroxyl groups excluding tert-OH is 1. The lowest BCUT2D eigenvalue weighted by atomic mass is 9.91. The fraction of sp³-hybridized carbons (Fsp3) is 1.00. The molecule has 0 saturated carbocycles. The molecule has 5 nitrogen and oxygen atoms in total. The van der Waals surface area contributed by atoms with E-state index < -0.39 is 87.1 Å². The lowest BCUT2D eigenvalue weighted by molar-refractivity contribution is -0.458. The second-order valence-electron chi connectivity index (χ2n) is 6.80. The number of halogens is 17. The van der Waals surface area contributed by atoms with Crippen LogP contribution in [0.2, 0.25) is 0 Å². The molecule has 0 radical (unpaired) electrons. The quantitative estimate of drug-likeness (QED) is 0.259. The van der Waals surface area contributed by atoms with Gasteiger partial charge in [-0.25, -0.2) is 8.42 Å². The average molecular weight is 601 g/mol. The largest absolute Gasteiger partial charge is 0.460 e. The third-order valence-electron chi connectivity index (χ3n) is 4.20. The number of hydrogen-bond acceptors (Lipinski definition) is 4. The van der Waals surface area contributed by atoms with Gasteiger partial charge in [-0.05, 0) is 6.42 Å². The third kappa shape index (κ3) is 4.67. The molecule has 0 saturated heterocycles. The minimum atomic E-state index is -8.92. The number of nitrogens with zero attached hydrogens (tertiary/aromatic N) is 1. The predicted octanol–water partition coefficient (Wildman–Crippen LogP) is 4.31. The molecule has 2 N–H and O–H groups in total. The lowest BCUT2D eigenvalue weighted by Crippen LogP contribution is -2.75. The molecule has 0 aromatic heterocycles. The lowest BCUT2D eigenvalue weighted by Gasteiger charge is -2.43. The Morgan fingerprint density at radius 3 is 1.19 bits per heavy atom. The summed E-state index contributed by atoms with van der Waals surface area (Å²) >= 11 is 0. The molecule has 0 aromatic rings. The summed E-state index contributed by atoms with van der Waals surface area (Å²) in [4.78, 5) is 0. The molecule has 0 rings (SSSR count). The molecular weight excluding hydrogens is 589 g/mol. The van der Waals surface area contributed by atoms with Crippen LogP contribution in [0.15, 0.2) is 0 Å². The Morgan fingerprint density at radius 1 is 0.611 bits per heavy atom. The Balaban J connectivity index is 7.04. The van der Waals surface area contributed by atoms with Crippen LogP contribution in [0.3, 0.4) is 0 Å². The Bertz CT molecular complexity index is 883. The van der Waals surface area contributed by atoms with E-state index in [4.69, 9.17) is 10.2 Å². The van der Waals surface area contributed by atoms with Crippen LogP contribution in [-0.2, 0) is 10.0 Å². The standard InChI is InChI=1S/C13H12F17NO4S/c1-2-3-31(4-5(32)33)36(34,35)13(29,30)11(24,25)9(20,21)7(16,17)6(14,15)8(18,19)10(22,23)12(26,27)28/h5,32-33H,2-4H2,1H3. The zero-order chi connectivity index (χ0) is 29.8. The normalized spacial score (nSPS) is 16.3. The predicted molar refractivity (Wildman–Crippen MR) is 79.7 cm³/mol. The number of sulfonamides is 1. The first-order valence-corrected chi connectivity index (χ1v) is 9.89. The van der Waals surface area contributed by atoms with Gasteiger partial charge in [-0.1, -0.05) is 6.92 Å². The fourth-order valence-corrected chi connectivity index (χ4v) is 3.74. The summed E-state index contributed by atoms with van der Waals surface area (Å²) in [5.74, 6) is -52.1. The van der Waals surface area contributed by atoms with E-state index in [1.165, 1.54) is 0 Å². The van der Waals surface area contributed by atoms with Crippen LogP contribution in [-0.4, -0.2) is 89.3 Å². The van der Waals surface area contributed by atoms with E-state index in [0.717, 1.165) is 6.92 Å². The topological polar surface area (TPSA) is 77.8 Å². The molecule has 0 aliphatic heterocycles. The molecule has 0 spiro atoms. The zero-order valence-corrected chi connectivity index (χ0v) is 17.5. The maximum Gasteiger partial charge on any atom is 0.460 e. The summed E-state index contributed by atoms with van der Waals surface area (Å²) in [7, 11) is -7.54. The first-order chi connectivity index (χ1) is 15.4. The molecule has 0 unspecified atom stereocenters. The Hall–Kier alpha value is -1.36. The van der Waals surface area contributed by atoms with Crippen LogP contribution >= 0.6 is 0 Å². The number of rotatable bonds is 12. The molecule has 23 heteroatoms. The monoisotopic (exact) mass is 601 g/mol. The van der Waals surface area contributed by atoms with Gasteiger partial charge in [0, 0.05) is 6.54 Å². The smallest absolute Gasteiger partial charge is 0.367 e.